The topological polar surface area (TPSA) is 128 Å². The highest BCUT2D eigenvalue weighted by Gasteiger charge is 2.24. The number of hydrogen-bond acceptors (Lipinski definition) is 6. The number of amides is 1. The monoisotopic (exact) mass is 482 g/mol. The van der Waals surface area contributed by atoms with Crippen LogP contribution in [0.2, 0.25) is 0 Å². The van der Waals surface area contributed by atoms with Crippen molar-refractivity contribution < 1.29 is 4.79 Å². The summed E-state index contributed by atoms with van der Waals surface area (Å²) in [5, 5.41) is 9.17. The Morgan fingerprint density at radius 1 is 1.17 bits per heavy atom. The van der Waals surface area contributed by atoms with Crippen LogP contribution in [0.5, 0.6) is 0 Å². The highest BCUT2D eigenvalue weighted by atomic mass is 16.2. The summed E-state index contributed by atoms with van der Waals surface area (Å²) in [6, 6.07) is 7.95. The molecule has 0 aliphatic heterocycles. The summed E-state index contributed by atoms with van der Waals surface area (Å²) in [6.07, 6.45) is 2.49. The first-order valence-corrected chi connectivity index (χ1v) is 12.2. The van der Waals surface area contributed by atoms with E-state index in [1.54, 1.807) is 9.80 Å². The van der Waals surface area contributed by atoms with Gasteiger partial charge in [0.15, 0.2) is 0 Å². The first-order chi connectivity index (χ1) is 16.6. The van der Waals surface area contributed by atoms with Crippen molar-refractivity contribution >= 4 is 23.1 Å². The fourth-order valence-electron chi connectivity index (χ4n) is 4.02. The zero-order valence-electron chi connectivity index (χ0n) is 21.6. The highest BCUT2D eigenvalue weighted by molar-refractivity contribution is 5.97. The summed E-state index contributed by atoms with van der Waals surface area (Å²) in [6.45, 7) is 11.0. The van der Waals surface area contributed by atoms with E-state index in [-0.39, 0.29) is 36.9 Å². The first kappa shape index (κ1) is 27.7. The van der Waals surface area contributed by atoms with Crippen molar-refractivity contribution in [3.8, 4) is 6.07 Å². The molecule has 190 valence electrons. The molecule has 0 unspecified atom stereocenters. The Kier molecular flexibility index (Phi) is 10.1. The second-order valence-electron chi connectivity index (χ2n) is 9.40. The molecular formula is C26H38N6O3. The number of aromatic nitrogens is 2. The standard InChI is InChI=1S/C26H38N6O3/c1-6-7-11-32-24(28)23(25(34)29-26(32)35)30(13-9-18(2)3)17-22(33)31(12-8-10-27)21-15-19(4)14-20(5)16-21/h14-16,18H,6-9,11-13,17,28H2,1-5H3,(H,29,34,35). The number of H-pyrrole nitrogens is 1. The molecule has 0 saturated heterocycles. The van der Waals surface area contributed by atoms with E-state index in [1.165, 1.54) is 4.57 Å². The van der Waals surface area contributed by atoms with Gasteiger partial charge in [-0.15, -0.1) is 0 Å². The van der Waals surface area contributed by atoms with Gasteiger partial charge in [0.25, 0.3) is 5.56 Å². The predicted molar refractivity (Wildman–Crippen MR) is 141 cm³/mol. The second kappa shape index (κ2) is 12.8. The number of benzene rings is 1. The van der Waals surface area contributed by atoms with Crippen LogP contribution in [-0.4, -0.2) is 35.1 Å². The van der Waals surface area contributed by atoms with Crippen LogP contribution in [0.4, 0.5) is 17.2 Å². The predicted octanol–water partition coefficient (Wildman–Crippen LogP) is 3.34. The lowest BCUT2D eigenvalue weighted by Crippen LogP contribution is -2.45. The van der Waals surface area contributed by atoms with Crippen LogP contribution < -0.4 is 26.8 Å². The molecule has 0 radical (unpaired) electrons. The summed E-state index contributed by atoms with van der Waals surface area (Å²) < 4.78 is 1.37. The Hall–Kier alpha value is -3.54. The van der Waals surface area contributed by atoms with Crippen molar-refractivity contribution in [2.24, 2.45) is 5.92 Å². The zero-order chi connectivity index (χ0) is 26.1. The van der Waals surface area contributed by atoms with Gasteiger partial charge in [-0.1, -0.05) is 33.3 Å². The molecular weight excluding hydrogens is 444 g/mol. The van der Waals surface area contributed by atoms with Gasteiger partial charge in [-0.05, 0) is 55.9 Å². The summed E-state index contributed by atoms with van der Waals surface area (Å²) in [5.41, 5.74) is 8.06. The van der Waals surface area contributed by atoms with Gasteiger partial charge in [0, 0.05) is 25.3 Å². The zero-order valence-corrected chi connectivity index (χ0v) is 21.6. The van der Waals surface area contributed by atoms with Crippen LogP contribution in [0.3, 0.4) is 0 Å². The lowest BCUT2D eigenvalue weighted by Gasteiger charge is -2.30. The molecule has 0 bridgehead atoms. The SMILES string of the molecule is CCCCn1c(N)c(N(CCC(C)C)CC(=O)N(CCC#N)c2cc(C)cc(C)c2)c(=O)[nH]c1=O. The molecule has 0 saturated carbocycles. The van der Waals surface area contributed by atoms with Crippen LogP contribution in [0.1, 0.15) is 57.6 Å². The Balaban J connectivity index is 2.51. The molecule has 2 rings (SSSR count). The van der Waals surface area contributed by atoms with Crippen LogP contribution >= 0.6 is 0 Å². The minimum absolute atomic E-state index is 0.0683. The van der Waals surface area contributed by atoms with E-state index >= 15 is 0 Å². The maximum atomic E-state index is 13.6. The molecule has 3 N–H and O–H groups in total. The Morgan fingerprint density at radius 2 is 1.83 bits per heavy atom. The highest BCUT2D eigenvalue weighted by Crippen LogP contribution is 2.22. The van der Waals surface area contributed by atoms with E-state index < -0.39 is 11.2 Å². The molecule has 1 aromatic carbocycles. The van der Waals surface area contributed by atoms with Gasteiger partial charge in [-0.3, -0.25) is 19.1 Å². The fraction of sp³-hybridized carbons (Fsp3) is 0.538. The third kappa shape index (κ3) is 7.47. The number of carbonyl (C=O) groups is 1. The molecule has 1 amide bonds. The van der Waals surface area contributed by atoms with Crippen molar-refractivity contribution in [3.63, 3.8) is 0 Å². The Morgan fingerprint density at radius 3 is 2.40 bits per heavy atom. The minimum atomic E-state index is -0.605. The smallest absolute Gasteiger partial charge is 0.330 e. The Bertz CT molecular complexity index is 1150. The van der Waals surface area contributed by atoms with Gasteiger partial charge in [0.05, 0.1) is 19.0 Å². The molecule has 0 atom stereocenters. The molecule has 0 aliphatic carbocycles. The van der Waals surface area contributed by atoms with Crippen LogP contribution in [0.15, 0.2) is 27.8 Å². The van der Waals surface area contributed by atoms with Crippen LogP contribution in [-0.2, 0) is 11.3 Å². The number of nitrogens with zero attached hydrogens (tertiary/aromatic N) is 4. The number of nitrogens with one attached hydrogen (secondary N) is 1. The molecule has 9 heteroatoms. The van der Waals surface area contributed by atoms with E-state index in [0.717, 1.165) is 30.4 Å². The van der Waals surface area contributed by atoms with Crippen molar-refractivity contribution in [1.82, 2.24) is 9.55 Å². The lowest BCUT2D eigenvalue weighted by molar-refractivity contribution is -0.117. The van der Waals surface area contributed by atoms with Crippen molar-refractivity contribution in [2.75, 3.05) is 35.2 Å². The number of aromatic amines is 1. The molecule has 0 aliphatic rings. The van der Waals surface area contributed by atoms with E-state index in [9.17, 15) is 14.4 Å². The first-order valence-electron chi connectivity index (χ1n) is 12.2. The molecule has 0 spiro atoms. The van der Waals surface area contributed by atoms with Gasteiger partial charge in [-0.2, -0.15) is 5.26 Å². The number of carbonyl (C=O) groups excluding carboxylic acids is 1. The second-order valence-corrected chi connectivity index (χ2v) is 9.40. The lowest BCUT2D eigenvalue weighted by atomic mass is 10.1. The van der Waals surface area contributed by atoms with Gasteiger partial charge >= 0.3 is 5.69 Å². The maximum Gasteiger partial charge on any atom is 0.330 e. The molecule has 1 aromatic heterocycles. The van der Waals surface area contributed by atoms with E-state index in [4.69, 9.17) is 11.0 Å². The number of rotatable bonds is 12. The van der Waals surface area contributed by atoms with Gasteiger partial charge in [0.1, 0.15) is 11.5 Å². The summed E-state index contributed by atoms with van der Waals surface area (Å²) in [5.74, 6) is 0.144. The van der Waals surface area contributed by atoms with Gasteiger partial charge in [0.2, 0.25) is 5.91 Å². The van der Waals surface area contributed by atoms with E-state index in [1.807, 2.05) is 39.0 Å². The number of nitriles is 1. The van der Waals surface area contributed by atoms with Crippen LogP contribution in [0.25, 0.3) is 0 Å². The number of anilines is 3. The number of nitrogen functional groups attached to an aromatic ring is 1. The number of unbranched alkanes of at least 4 members (excludes halogenated alkanes) is 1. The average Bonchev–Trinajstić information content (AvgIpc) is 2.76. The summed E-state index contributed by atoms with van der Waals surface area (Å²) >= 11 is 0. The third-order valence-corrected chi connectivity index (χ3v) is 5.83. The van der Waals surface area contributed by atoms with E-state index in [0.29, 0.717) is 24.7 Å². The fourth-order valence-corrected chi connectivity index (χ4v) is 4.02. The minimum Gasteiger partial charge on any atom is -0.383 e. The summed E-state index contributed by atoms with van der Waals surface area (Å²) in [4.78, 5) is 44.5. The van der Waals surface area contributed by atoms with Crippen molar-refractivity contribution in [3.05, 3.63) is 50.2 Å². The molecule has 35 heavy (non-hydrogen) atoms. The number of aryl methyl sites for hydroxylation is 2. The summed E-state index contributed by atoms with van der Waals surface area (Å²) in [7, 11) is 0. The largest absolute Gasteiger partial charge is 0.383 e. The van der Waals surface area contributed by atoms with Gasteiger partial charge < -0.3 is 15.5 Å². The van der Waals surface area contributed by atoms with E-state index in [2.05, 4.69) is 24.9 Å². The molecule has 2 aromatic rings. The quantitative estimate of drug-likeness (QED) is 0.477. The third-order valence-electron chi connectivity index (χ3n) is 5.83. The van der Waals surface area contributed by atoms with Crippen molar-refractivity contribution in [1.29, 1.82) is 5.26 Å². The number of hydrogen-bond donors (Lipinski definition) is 2. The Labute approximate surface area is 207 Å². The molecule has 0 fully saturated rings. The average molecular weight is 483 g/mol. The molecule has 9 nitrogen and oxygen atoms in total. The van der Waals surface area contributed by atoms with Crippen molar-refractivity contribution in [2.45, 2.75) is 66.8 Å². The molecule has 1 heterocycles. The van der Waals surface area contributed by atoms with Gasteiger partial charge in [-0.25, -0.2) is 4.79 Å². The number of nitrogens with two attached hydrogens (primary N) is 1. The van der Waals surface area contributed by atoms with Crippen LogP contribution in [0, 0.1) is 31.1 Å². The normalized spacial score (nSPS) is 10.9. The maximum absolute atomic E-state index is 13.6.